The Kier molecular flexibility index (Phi) is 10.3. The molecule has 3 atom stereocenters. The van der Waals surface area contributed by atoms with E-state index in [9.17, 15) is 14.4 Å². The van der Waals surface area contributed by atoms with Crippen molar-refractivity contribution < 1.29 is 38.1 Å². The van der Waals surface area contributed by atoms with Gasteiger partial charge in [-0.2, -0.15) is 0 Å². The maximum absolute atomic E-state index is 12.9. The van der Waals surface area contributed by atoms with E-state index in [2.05, 4.69) is 10.3 Å². The standard InChI is InChI=1S/C25H32N2O8/c1-15(2)22(17(4)34-19-10-8-7-9-11-19)35-25(30)16(3)27-24(29)21-23(33-14-32-18(5)28)20(31-6)12-13-26-21/h7-13,15-17,22H,14H2,1-6H3,(H,27,29)/t16-,17-,22+/m0/s1. The van der Waals surface area contributed by atoms with E-state index in [1.165, 1.54) is 33.2 Å². The second-order valence-corrected chi connectivity index (χ2v) is 8.07. The number of aromatic nitrogens is 1. The van der Waals surface area contributed by atoms with Crippen LogP contribution in [0.3, 0.4) is 0 Å². The minimum Gasteiger partial charge on any atom is -0.493 e. The van der Waals surface area contributed by atoms with E-state index in [0.29, 0.717) is 5.75 Å². The number of nitrogens with one attached hydrogen (secondary N) is 1. The fourth-order valence-corrected chi connectivity index (χ4v) is 3.18. The molecule has 0 radical (unpaired) electrons. The average Bonchev–Trinajstić information content (AvgIpc) is 2.82. The third-order valence-electron chi connectivity index (χ3n) is 4.91. The Labute approximate surface area is 204 Å². The predicted molar refractivity (Wildman–Crippen MR) is 126 cm³/mol. The first-order chi connectivity index (χ1) is 16.6. The Morgan fingerprint density at radius 2 is 1.71 bits per heavy atom. The number of benzene rings is 1. The molecule has 1 amide bonds. The van der Waals surface area contributed by atoms with Crippen LogP contribution in [0.1, 0.15) is 45.1 Å². The van der Waals surface area contributed by atoms with E-state index in [-0.39, 0.29) is 23.1 Å². The molecule has 1 aromatic heterocycles. The summed E-state index contributed by atoms with van der Waals surface area (Å²) >= 11 is 0. The Hall–Kier alpha value is -3.82. The highest BCUT2D eigenvalue weighted by atomic mass is 16.7. The van der Waals surface area contributed by atoms with Crippen molar-refractivity contribution in [1.29, 1.82) is 0 Å². The first-order valence-corrected chi connectivity index (χ1v) is 11.2. The van der Waals surface area contributed by atoms with Crippen LogP contribution in [0.2, 0.25) is 0 Å². The molecule has 35 heavy (non-hydrogen) atoms. The third kappa shape index (κ3) is 8.16. The van der Waals surface area contributed by atoms with Gasteiger partial charge >= 0.3 is 11.9 Å². The summed E-state index contributed by atoms with van der Waals surface area (Å²) in [5.74, 6) is -1.08. The van der Waals surface area contributed by atoms with Crippen molar-refractivity contribution in [2.45, 2.75) is 52.9 Å². The van der Waals surface area contributed by atoms with E-state index in [0.717, 1.165) is 0 Å². The molecule has 0 fully saturated rings. The normalized spacial score (nSPS) is 13.2. The SMILES string of the molecule is COc1ccnc(C(=O)N[C@@H](C)C(=O)O[C@H](C(C)C)[C@H](C)Oc2ccccc2)c1OCOC(C)=O. The number of ether oxygens (including phenoxy) is 5. The summed E-state index contributed by atoms with van der Waals surface area (Å²) in [6.07, 6.45) is 0.373. The fourth-order valence-electron chi connectivity index (χ4n) is 3.18. The molecule has 0 unspecified atom stereocenters. The highest BCUT2D eigenvalue weighted by Crippen LogP contribution is 2.29. The zero-order valence-electron chi connectivity index (χ0n) is 20.8. The average molecular weight is 489 g/mol. The van der Waals surface area contributed by atoms with Crippen molar-refractivity contribution in [3.63, 3.8) is 0 Å². The molecule has 10 heteroatoms. The van der Waals surface area contributed by atoms with Crippen LogP contribution in [0.15, 0.2) is 42.6 Å². The molecule has 0 aliphatic rings. The molecule has 0 spiro atoms. The Morgan fingerprint density at radius 1 is 1.03 bits per heavy atom. The summed E-state index contributed by atoms with van der Waals surface area (Å²) in [4.78, 5) is 40.8. The molecule has 1 N–H and O–H groups in total. The molecule has 0 aliphatic heterocycles. The molecule has 2 aromatic rings. The first-order valence-electron chi connectivity index (χ1n) is 11.2. The van der Waals surface area contributed by atoms with Gasteiger partial charge in [-0.15, -0.1) is 0 Å². The smallest absolute Gasteiger partial charge is 0.328 e. The number of carbonyl (C=O) groups excluding carboxylic acids is 3. The van der Waals surface area contributed by atoms with Crippen LogP contribution < -0.4 is 19.5 Å². The summed E-state index contributed by atoms with van der Waals surface area (Å²) in [5, 5.41) is 2.56. The zero-order valence-corrected chi connectivity index (χ0v) is 20.8. The van der Waals surface area contributed by atoms with Crippen molar-refractivity contribution in [3.8, 4) is 17.2 Å². The van der Waals surface area contributed by atoms with E-state index in [1.54, 1.807) is 0 Å². The number of rotatable bonds is 12. The molecule has 190 valence electrons. The van der Waals surface area contributed by atoms with Crippen LogP contribution in [0.25, 0.3) is 0 Å². The number of hydrogen-bond acceptors (Lipinski definition) is 9. The van der Waals surface area contributed by atoms with Gasteiger partial charge in [-0.25, -0.2) is 9.78 Å². The third-order valence-corrected chi connectivity index (χ3v) is 4.91. The van der Waals surface area contributed by atoms with Gasteiger partial charge in [-0.3, -0.25) is 9.59 Å². The predicted octanol–water partition coefficient (Wildman–Crippen LogP) is 3.14. The summed E-state index contributed by atoms with van der Waals surface area (Å²) in [6.45, 7) is 7.93. The van der Waals surface area contributed by atoms with E-state index >= 15 is 0 Å². The highest BCUT2D eigenvalue weighted by molar-refractivity contribution is 5.98. The van der Waals surface area contributed by atoms with Crippen LogP contribution >= 0.6 is 0 Å². The number of esters is 2. The van der Waals surface area contributed by atoms with Gasteiger partial charge in [0.15, 0.2) is 17.2 Å². The monoisotopic (exact) mass is 488 g/mol. The number of amides is 1. The topological polar surface area (TPSA) is 122 Å². The van der Waals surface area contributed by atoms with Crippen LogP contribution in [-0.2, 0) is 19.1 Å². The van der Waals surface area contributed by atoms with Crippen LogP contribution in [0.5, 0.6) is 17.2 Å². The lowest BCUT2D eigenvalue weighted by atomic mass is 10.0. The molecule has 2 rings (SSSR count). The summed E-state index contributed by atoms with van der Waals surface area (Å²) in [6, 6.07) is 9.72. The molecular weight excluding hydrogens is 456 g/mol. The van der Waals surface area contributed by atoms with Crippen molar-refractivity contribution in [3.05, 3.63) is 48.3 Å². The maximum Gasteiger partial charge on any atom is 0.328 e. The minimum atomic E-state index is -0.998. The number of nitrogens with zero attached hydrogens (tertiary/aromatic N) is 1. The van der Waals surface area contributed by atoms with Gasteiger partial charge in [0.2, 0.25) is 6.79 Å². The molecule has 0 saturated heterocycles. The number of hydrogen-bond donors (Lipinski definition) is 1. The maximum atomic E-state index is 12.9. The minimum absolute atomic E-state index is 0.0285. The lowest BCUT2D eigenvalue weighted by Crippen LogP contribution is -2.45. The van der Waals surface area contributed by atoms with Crippen LogP contribution in [0, 0.1) is 5.92 Å². The van der Waals surface area contributed by atoms with Gasteiger partial charge < -0.3 is 29.0 Å². The van der Waals surface area contributed by atoms with Crippen LogP contribution in [0.4, 0.5) is 0 Å². The number of methoxy groups -OCH3 is 1. The molecule has 1 aromatic carbocycles. The Morgan fingerprint density at radius 3 is 2.31 bits per heavy atom. The lowest BCUT2D eigenvalue weighted by molar-refractivity contribution is -0.158. The van der Waals surface area contributed by atoms with Gasteiger partial charge in [0.1, 0.15) is 24.0 Å². The fraction of sp³-hybridized carbons (Fsp3) is 0.440. The number of carbonyl (C=O) groups is 3. The van der Waals surface area contributed by atoms with E-state index < -0.39 is 42.9 Å². The quantitative estimate of drug-likeness (QED) is 0.355. The lowest BCUT2D eigenvalue weighted by Gasteiger charge is -2.29. The second-order valence-electron chi connectivity index (χ2n) is 8.07. The highest BCUT2D eigenvalue weighted by Gasteiger charge is 2.30. The summed E-state index contributed by atoms with van der Waals surface area (Å²) < 4.78 is 27.0. The van der Waals surface area contributed by atoms with E-state index in [1.807, 2.05) is 51.1 Å². The van der Waals surface area contributed by atoms with Crippen molar-refractivity contribution in [1.82, 2.24) is 10.3 Å². The Balaban J connectivity index is 2.08. The molecule has 10 nitrogen and oxygen atoms in total. The molecule has 1 heterocycles. The first kappa shape index (κ1) is 27.4. The zero-order chi connectivity index (χ0) is 26.0. The molecule has 0 aliphatic carbocycles. The van der Waals surface area contributed by atoms with Gasteiger partial charge in [0.25, 0.3) is 5.91 Å². The summed E-state index contributed by atoms with van der Waals surface area (Å²) in [5.41, 5.74) is -0.141. The van der Waals surface area contributed by atoms with Crippen molar-refractivity contribution in [2.24, 2.45) is 5.92 Å². The Bertz CT molecular complexity index is 996. The van der Waals surface area contributed by atoms with Crippen molar-refractivity contribution in [2.75, 3.05) is 13.9 Å². The van der Waals surface area contributed by atoms with Gasteiger partial charge in [0, 0.05) is 19.2 Å². The largest absolute Gasteiger partial charge is 0.493 e. The molecular formula is C25H32N2O8. The van der Waals surface area contributed by atoms with Gasteiger partial charge in [-0.1, -0.05) is 32.0 Å². The van der Waals surface area contributed by atoms with Crippen molar-refractivity contribution >= 4 is 17.8 Å². The molecule has 0 bridgehead atoms. The molecule has 0 saturated carbocycles. The van der Waals surface area contributed by atoms with Crippen LogP contribution in [-0.4, -0.2) is 55.0 Å². The van der Waals surface area contributed by atoms with Gasteiger partial charge in [0.05, 0.1) is 7.11 Å². The summed E-state index contributed by atoms with van der Waals surface area (Å²) in [7, 11) is 1.39. The number of pyridine rings is 1. The number of para-hydroxylation sites is 1. The van der Waals surface area contributed by atoms with E-state index in [4.69, 9.17) is 23.7 Å². The van der Waals surface area contributed by atoms with Gasteiger partial charge in [-0.05, 0) is 31.9 Å². The second kappa shape index (κ2) is 13.2.